The fourth-order valence-corrected chi connectivity index (χ4v) is 1.65. The van der Waals surface area contributed by atoms with Crippen molar-refractivity contribution < 1.29 is 0 Å². The summed E-state index contributed by atoms with van der Waals surface area (Å²) in [5.41, 5.74) is -0.215. The Hall–Kier alpha value is -1.03. The third kappa shape index (κ3) is 2.21. The van der Waals surface area contributed by atoms with E-state index in [4.69, 9.17) is 0 Å². The van der Waals surface area contributed by atoms with E-state index in [1.54, 1.807) is 17.0 Å². The van der Waals surface area contributed by atoms with Crippen LogP contribution in [0.4, 0.5) is 0 Å². The van der Waals surface area contributed by atoms with Crippen LogP contribution in [0.2, 0.25) is 0 Å². The van der Waals surface area contributed by atoms with Crippen molar-refractivity contribution in [3.05, 3.63) is 22.9 Å². The SMILES string of the molecule is CN(C)CC(C)(C)n1cc[nH]c1=O. The number of nitrogens with zero attached hydrogens (tertiary/aromatic N) is 2. The first-order valence-corrected chi connectivity index (χ1v) is 4.35. The highest BCUT2D eigenvalue weighted by Gasteiger charge is 2.22. The minimum atomic E-state index is -0.166. The van der Waals surface area contributed by atoms with E-state index in [0.29, 0.717) is 0 Å². The summed E-state index contributed by atoms with van der Waals surface area (Å²) in [5.74, 6) is 0. The summed E-state index contributed by atoms with van der Waals surface area (Å²) < 4.78 is 1.72. The van der Waals surface area contributed by atoms with Crippen molar-refractivity contribution >= 4 is 0 Å². The lowest BCUT2D eigenvalue weighted by Gasteiger charge is -2.28. The van der Waals surface area contributed by atoms with Crippen molar-refractivity contribution in [3.63, 3.8) is 0 Å². The molecule has 1 aromatic heterocycles. The molecular formula is C9H17N3O. The molecule has 4 nitrogen and oxygen atoms in total. The van der Waals surface area contributed by atoms with E-state index in [1.807, 2.05) is 27.9 Å². The van der Waals surface area contributed by atoms with Gasteiger partial charge in [-0.1, -0.05) is 0 Å². The molecule has 0 radical (unpaired) electrons. The summed E-state index contributed by atoms with van der Waals surface area (Å²) in [6.45, 7) is 4.93. The van der Waals surface area contributed by atoms with Gasteiger partial charge in [-0.15, -0.1) is 0 Å². The van der Waals surface area contributed by atoms with Crippen LogP contribution in [-0.4, -0.2) is 35.1 Å². The molecule has 0 fully saturated rings. The highest BCUT2D eigenvalue weighted by molar-refractivity contribution is 4.88. The molecule has 0 aliphatic rings. The number of rotatable bonds is 3. The molecule has 0 bridgehead atoms. The van der Waals surface area contributed by atoms with Gasteiger partial charge in [0.2, 0.25) is 0 Å². The van der Waals surface area contributed by atoms with E-state index < -0.39 is 0 Å². The van der Waals surface area contributed by atoms with E-state index in [1.165, 1.54) is 0 Å². The van der Waals surface area contributed by atoms with Crippen LogP contribution in [0.1, 0.15) is 13.8 Å². The zero-order valence-corrected chi connectivity index (χ0v) is 8.66. The van der Waals surface area contributed by atoms with E-state index in [9.17, 15) is 4.79 Å². The van der Waals surface area contributed by atoms with Gasteiger partial charge in [-0.3, -0.25) is 4.57 Å². The molecule has 1 aromatic rings. The molecule has 1 N–H and O–H groups in total. The van der Waals surface area contributed by atoms with Gasteiger partial charge in [0.15, 0.2) is 0 Å². The molecule has 0 aliphatic heterocycles. The largest absolute Gasteiger partial charge is 0.326 e. The number of imidazole rings is 1. The maximum atomic E-state index is 11.3. The Kier molecular flexibility index (Phi) is 2.61. The molecule has 0 saturated heterocycles. The van der Waals surface area contributed by atoms with E-state index in [-0.39, 0.29) is 11.2 Å². The summed E-state index contributed by atoms with van der Waals surface area (Å²) in [6, 6.07) is 0. The Bertz CT molecular complexity index is 322. The summed E-state index contributed by atoms with van der Waals surface area (Å²) >= 11 is 0. The van der Waals surface area contributed by atoms with Crippen molar-refractivity contribution in [2.45, 2.75) is 19.4 Å². The van der Waals surface area contributed by atoms with Crippen molar-refractivity contribution in [3.8, 4) is 0 Å². The van der Waals surface area contributed by atoms with E-state index >= 15 is 0 Å². The minimum Gasteiger partial charge on any atom is -0.313 e. The van der Waals surface area contributed by atoms with Crippen molar-refractivity contribution in [2.75, 3.05) is 20.6 Å². The second kappa shape index (κ2) is 3.38. The number of H-pyrrole nitrogens is 1. The molecule has 0 aliphatic carbocycles. The quantitative estimate of drug-likeness (QED) is 0.740. The maximum Gasteiger partial charge on any atom is 0.326 e. The van der Waals surface area contributed by atoms with Crippen LogP contribution >= 0.6 is 0 Å². The molecule has 0 unspecified atom stereocenters. The summed E-state index contributed by atoms with van der Waals surface area (Å²) in [7, 11) is 4.00. The number of aromatic nitrogens is 2. The highest BCUT2D eigenvalue weighted by Crippen LogP contribution is 2.12. The van der Waals surface area contributed by atoms with Crippen LogP contribution in [0.25, 0.3) is 0 Å². The predicted molar refractivity (Wildman–Crippen MR) is 52.9 cm³/mol. The fourth-order valence-electron chi connectivity index (χ4n) is 1.65. The smallest absolute Gasteiger partial charge is 0.313 e. The third-order valence-corrected chi connectivity index (χ3v) is 2.00. The molecular weight excluding hydrogens is 166 g/mol. The zero-order chi connectivity index (χ0) is 10.1. The first kappa shape index (κ1) is 10.1. The predicted octanol–water partition coefficient (Wildman–Crippen LogP) is 0.473. The van der Waals surface area contributed by atoms with Crippen molar-refractivity contribution in [1.82, 2.24) is 14.5 Å². The van der Waals surface area contributed by atoms with Gasteiger partial charge in [0.25, 0.3) is 0 Å². The monoisotopic (exact) mass is 183 g/mol. The third-order valence-electron chi connectivity index (χ3n) is 2.00. The van der Waals surface area contributed by atoms with Gasteiger partial charge in [-0.05, 0) is 27.9 Å². The molecule has 74 valence electrons. The molecule has 0 aromatic carbocycles. The molecule has 1 heterocycles. The molecule has 13 heavy (non-hydrogen) atoms. The van der Waals surface area contributed by atoms with Gasteiger partial charge in [0, 0.05) is 18.9 Å². The summed E-state index contributed by atoms with van der Waals surface area (Å²) in [5, 5.41) is 0. The first-order valence-electron chi connectivity index (χ1n) is 4.35. The molecule has 1 rings (SSSR count). The highest BCUT2D eigenvalue weighted by atomic mass is 16.1. The Balaban J connectivity index is 2.93. The molecule has 0 saturated carbocycles. The van der Waals surface area contributed by atoms with Crippen LogP contribution in [0.3, 0.4) is 0 Å². The van der Waals surface area contributed by atoms with Crippen molar-refractivity contribution in [2.24, 2.45) is 0 Å². The van der Waals surface area contributed by atoms with Crippen LogP contribution in [-0.2, 0) is 5.54 Å². The minimum absolute atomic E-state index is 0.0492. The van der Waals surface area contributed by atoms with Gasteiger partial charge in [-0.25, -0.2) is 4.79 Å². The number of hydrogen-bond donors (Lipinski definition) is 1. The number of likely N-dealkylation sites (N-methyl/N-ethyl adjacent to an activating group) is 1. The Morgan fingerprint density at radius 2 is 2.15 bits per heavy atom. The Morgan fingerprint density at radius 1 is 1.54 bits per heavy atom. The normalized spacial score (nSPS) is 12.4. The molecule has 0 spiro atoms. The van der Waals surface area contributed by atoms with Crippen LogP contribution in [0, 0.1) is 0 Å². The zero-order valence-electron chi connectivity index (χ0n) is 8.66. The van der Waals surface area contributed by atoms with E-state index in [0.717, 1.165) is 6.54 Å². The maximum absolute atomic E-state index is 11.3. The van der Waals surface area contributed by atoms with Crippen molar-refractivity contribution in [1.29, 1.82) is 0 Å². The Morgan fingerprint density at radius 3 is 2.54 bits per heavy atom. The van der Waals surface area contributed by atoms with E-state index in [2.05, 4.69) is 9.88 Å². The van der Waals surface area contributed by atoms with Crippen LogP contribution in [0.5, 0.6) is 0 Å². The fraction of sp³-hybridized carbons (Fsp3) is 0.667. The van der Waals surface area contributed by atoms with Gasteiger partial charge in [0.1, 0.15) is 0 Å². The van der Waals surface area contributed by atoms with Gasteiger partial charge >= 0.3 is 5.69 Å². The molecule has 0 atom stereocenters. The second-order valence-electron chi connectivity index (χ2n) is 4.19. The molecule has 0 amide bonds. The lowest BCUT2D eigenvalue weighted by molar-refractivity contribution is 0.236. The average molecular weight is 183 g/mol. The average Bonchev–Trinajstić information content (AvgIpc) is 2.32. The van der Waals surface area contributed by atoms with Gasteiger partial charge in [0.05, 0.1) is 5.54 Å². The first-order chi connectivity index (χ1) is 5.93. The second-order valence-corrected chi connectivity index (χ2v) is 4.19. The lowest BCUT2D eigenvalue weighted by Crippen LogP contribution is -2.42. The standard InChI is InChI=1S/C9H17N3O/c1-9(2,7-11(3)4)12-6-5-10-8(12)13/h5-6H,7H2,1-4H3,(H,10,13). The summed E-state index contributed by atoms with van der Waals surface area (Å²) in [4.78, 5) is 16.0. The van der Waals surface area contributed by atoms with Crippen LogP contribution in [0.15, 0.2) is 17.2 Å². The lowest BCUT2D eigenvalue weighted by atomic mass is 10.1. The number of aromatic amines is 1. The number of hydrogen-bond acceptors (Lipinski definition) is 2. The van der Waals surface area contributed by atoms with Gasteiger partial charge < -0.3 is 9.88 Å². The summed E-state index contributed by atoms with van der Waals surface area (Å²) in [6.07, 6.45) is 3.45. The Labute approximate surface area is 78.2 Å². The topological polar surface area (TPSA) is 41.0 Å². The molecule has 4 heteroatoms. The van der Waals surface area contributed by atoms with Gasteiger partial charge in [-0.2, -0.15) is 0 Å². The number of nitrogens with one attached hydrogen (secondary N) is 1. The van der Waals surface area contributed by atoms with Crippen LogP contribution < -0.4 is 5.69 Å².